The zero-order valence-corrected chi connectivity index (χ0v) is 15.3. The molecule has 140 valence electrons. The van der Waals surface area contributed by atoms with E-state index in [2.05, 4.69) is 16.0 Å². The number of anilines is 1. The van der Waals surface area contributed by atoms with Crippen molar-refractivity contribution in [3.63, 3.8) is 0 Å². The van der Waals surface area contributed by atoms with Crippen LogP contribution >= 0.6 is 0 Å². The second-order valence-corrected chi connectivity index (χ2v) is 6.31. The van der Waals surface area contributed by atoms with Crippen molar-refractivity contribution in [2.24, 2.45) is 5.92 Å². The maximum absolute atomic E-state index is 11.9. The number of carbonyl (C=O) groups excluding carboxylic acids is 3. The summed E-state index contributed by atoms with van der Waals surface area (Å²) in [5, 5.41) is 16.7. The molecule has 26 heavy (non-hydrogen) atoms. The van der Waals surface area contributed by atoms with E-state index in [0.717, 1.165) is 0 Å². The molecule has 2 atom stereocenters. The number of nitrogens with one attached hydrogen (secondary N) is 3. The number of carbonyl (C=O) groups is 3. The lowest BCUT2D eigenvalue weighted by Gasteiger charge is -2.27. The Morgan fingerprint density at radius 1 is 1.19 bits per heavy atom. The summed E-state index contributed by atoms with van der Waals surface area (Å²) in [5.41, 5.74) is -0.474. The van der Waals surface area contributed by atoms with Crippen molar-refractivity contribution in [2.45, 2.75) is 39.3 Å². The van der Waals surface area contributed by atoms with Crippen LogP contribution in [0.4, 0.5) is 10.5 Å². The Labute approximate surface area is 152 Å². The zero-order valence-electron chi connectivity index (χ0n) is 15.3. The zero-order chi connectivity index (χ0) is 19.7. The van der Waals surface area contributed by atoms with Crippen LogP contribution in [0.2, 0.25) is 0 Å². The predicted octanol–water partition coefficient (Wildman–Crippen LogP) is 1.79. The first-order chi connectivity index (χ1) is 12.2. The summed E-state index contributed by atoms with van der Waals surface area (Å²) in [7, 11) is 0. The molecule has 0 radical (unpaired) electrons. The van der Waals surface area contributed by atoms with Gasteiger partial charge in [0.25, 0.3) is 5.91 Å². The Morgan fingerprint density at radius 2 is 1.81 bits per heavy atom. The van der Waals surface area contributed by atoms with Crippen LogP contribution in [0.15, 0.2) is 30.3 Å². The summed E-state index contributed by atoms with van der Waals surface area (Å²) in [6, 6.07) is 9.26. The molecule has 1 rings (SSSR count). The molecule has 0 aromatic heterocycles. The number of benzene rings is 1. The number of hydrogen-bond donors (Lipinski definition) is 3. The topological polar surface area (TPSA) is 120 Å². The smallest absolute Gasteiger partial charge is 0.328 e. The Bertz CT molecular complexity index is 684. The van der Waals surface area contributed by atoms with Crippen LogP contribution in [0.3, 0.4) is 0 Å². The molecule has 0 saturated carbocycles. The van der Waals surface area contributed by atoms with Gasteiger partial charge in [0, 0.05) is 5.69 Å². The van der Waals surface area contributed by atoms with Gasteiger partial charge in [0.15, 0.2) is 6.61 Å². The van der Waals surface area contributed by atoms with Crippen molar-refractivity contribution >= 4 is 23.6 Å². The predicted molar refractivity (Wildman–Crippen MR) is 96.0 cm³/mol. The minimum absolute atomic E-state index is 0.116. The average Bonchev–Trinajstić information content (AvgIpc) is 2.59. The van der Waals surface area contributed by atoms with Crippen molar-refractivity contribution in [3.8, 4) is 6.07 Å². The second kappa shape index (κ2) is 9.42. The van der Waals surface area contributed by atoms with Crippen LogP contribution in [-0.4, -0.2) is 36.1 Å². The van der Waals surface area contributed by atoms with Gasteiger partial charge in [-0.2, -0.15) is 5.26 Å². The van der Waals surface area contributed by atoms with E-state index >= 15 is 0 Å². The molecule has 1 aromatic carbocycles. The molecule has 0 unspecified atom stereocenters. The van der Waals surface area contributed by atoms with Gasteiger partial charge in [-0.1, -0.05) is 32.0 Å². The molecule has 8 nitrogen and oxygen atoms in total. The van der Waals surface area contributed by atoms with Crippen LogP contribution in [-0.2, 0) is 14.3 Å². The van der Waals surface area contributed by atoms with Crippen LogP contribution in [0, 0.1) is 17.2 Å². The summed E-state index contributed by atoms with van der Waals surface area (Å²) in [5.74, 6) is -1.46. The average molecular weight is 360 g/mol. The van der Waals surface area contributed by atoms with E-state index in [-0.39, 0.29) is 5.92 Å². The molecule has 3 N–H and O–H groups in total. The van der Waals surface area contributed by atoms with Crippen LogP contribution < -0.4 is 16.0 Å². The molecule has 3 amide bonds. The fraction of sp³-hybridized carbons (Fsp3) is 0.444. The van der Waals surface area contributed by atoms with E-state index in [1.807, 2.05) is 12.1 Å². The molecular weight excluding hydrogens is 336 g/mol. The third-order valence-electron chi connectivity index (χ3n) is 3.86. The molecule has 0 fully saturated rings. The third kappa shape index (κ3) is 6.43. The largest absolute Gasteiger partial charge is 0.454 e. The van der Waals surface area contributed by atoms with Gasteiger partial charge in [0.1, 0.15) is 11.6 Å². The highest BCUT2D eigenvalue weighted by Crippen LogP contribution is 2.14. The van der Waals surface area contributed by atoms with Crippen molar-refractivity contribution in [3.05, 3.63) is 30.3 Å². The second-order valence-electron chi connectivity index (χ2n) is 6.31. The van der Waals surface area contributed by atoms with Crippen molar-refractivity contribution in [1.82, 2.24) is 10.6 Å². The lowest BCUT2D eigenvalue weighted by atomic mass is 9.90. The van der Waals surface area contributed by atoms with Gasteiger partial charge in [0.2, 0.25) is 0 Å². The summed E-state index contributed by atoms with van der Waals surface area (Å²) in [6.45, 7) is 6.10. The van der Waals surface area contributed by atoms with Crippen molar-refractivity contribution in [1.29, 1.82) is 5.26 Å². The minimum Gasteiger partial charge on any atom is -0.454 e. The number of urea groups is 1. The lowest BCUT2D eigenvalue weighted by molar-refractivity contribution is -0.150. The van der Waals surface area contributed by atoms with E-state index < -0.39 is 36.1 Å². The number of esters is 1. The minimum atomic E-state index is -1.05. The van der Waals surface area contributed by atoms with E-state index in [9.17, 15) is 14.4 Å². The number of ether oxygens (including phenoxy) is 1. The molecule has 0 aliphatic heterocycles. The maximum Gasteiger partial charge on any atom is 0.328 e. The highest BCUT2D eigenvalue weighted by molar-refractivity contribution is 5.92. The Morgan fingerprint density at radius 3 is 2.35 bits per heavy atom. The maximum atomic E-state index is 11.9. The Balaban J connectivity index is 2.43. The molecular formula is C18H24N4O4. The van der Waals surface area contributed by atoms with Crippen LogP contribution in [0.25, 0.3) is 0 Å². The van der Waals surface area contributed by atoms with E-state index in [1.54, 1.807) is 45.0 Å². The van der Waals surface area contributed by atoms with E-state index in [4.69, 9.17) is 10.00 Å². The number of amides is 3. The van der Waals surface area contributed by atoms with Crippen molar-refractivity contribution < 1.29 is 19.1 Å². The van der Waals surface area contributed by atoms with Gasteiger partial charge in [-0.15, -0.1) is 0 Å². The Hall–Kier alpha value is -3.08. The van der Waals surface area contributed by atoms with Gasteiger partial charge in [0.05, 0.1) is 6.07 Å². The molecule has 0 spiro atoms. The fourth-order valence-electron chi connectivity index (χ4n) is 1.83. The van der Waals surface area contributed by atoms with Gasteiger partial charge in [-0.3, -0.25) is 4.79 Å². The summed E-state index contributed by atoms with van der Waals surface area (Å²) in [6.07, 6.45) is 0. The Kier molecular flexibility index (Phi) is 7.59. The standard InChI is InChI=1S/C18H24N4O4/c1-12(2)18(4,11-19)22-15(23)10-26-16(24)13(3)20-17(25)21-14-8-6-5-7-9-14/h5-9,12-13H,10H2,1-4H3,(H,22,23)(H2,20,21,25)/t13-,18-/m0/s1. The first-order valence-corrected chi connectivity index (χ1v) is 8.19. The number of rotatable bonds is 7. The highest BCUT2D eigenvalue weighted by atomic mass is 16.5. The molecule has 0 aliphatic carbocycles. The monoisotopic (exact) mass is 360 g/mol. The van der Waals surface area contributed by atoms with Crippen LogP contribution in [0.5, 0.6) is 0 Å². The molecule has 8 heteroatoms. The number of para-hydroxylation sites is 1. The lowest BCUT2D eigenvalue weighted by Crippen LogP contribution is -2.50. The van der Waals surface area contributed by atoms with Gasteiger partial charge in [-0.05, 0) is 31.9 Å². The molecule has 1 aromatic rings. The normalized spacial score (nSPS) is 13.7. The summed E-state index contributed by atoms with van der Waals surface area (Å²) in [4.78, 5) is 35.6. The quantitative estimate of drug-likeness (QED) is 0.640. The molecule has 0 bridgehead atoms. The first-order valence-electron chi connectivity index (χ1n) is 8.19. The molecule has 0 heterocycles. The summed E-state index contributed by atoms with van der Waals surface area (Å²) >= 11 is 0. The van der Waals surface area contributed by atoms with Gasteiger partial charge < -0.3 is 20.7 Å². The van der Waals surface area contributed by atoms with Gasteiger partial charge in [-0.25, -0.2) is 9.59 Å². The number of nitriles is 1. The fourth-order valence-corrected chi connectivity index (χ4v) is 1.83. The summed E-state index contributed by atoms with van der Waals surface area (Å²) < 4.78 is 4.88. The SMILES string of the molecule is CC(C)[C@](C)(C#N)NC(=O)COC(=O)[C@H](C)NC(=O)Nc1ccccc1. The van der Waals surface area contributed by atoms with Gasteiger partial charge >= 0.3 is 12.0 Å². The molecule has 0 aliphatic rings. The molecule has 0 saturated heterocycles. The van der Waals surface area contributed by atoms with Crippen molar-refractivity contribution in [2.75, 3.05) is 11.9 Å². The first kappa shape index (κ1) is 21.0. The van der Waals surface area contributed by atoms with E-state index in [1.165, 1.54) is 6.92 Å². The number of hydrogen-bond acceptors (Lipinski definition) is 5. The number of nitrogens with zero attached hydrogens (tertiary/aromatic N) is 1. The van der Waals surface area contributed by atoms with Crippen LogP contribution in [0.1, 0.15) is 27.7 Å². The van der Waals surface area contributed by atoms with E-state index in [0.29, 0.717) is 5.69 Å². The highest BCUT2D eigenvalue weighted by Gasteiger charge is 2.30. The third-order valence-corrected chi connectivity index (χ3v) is 3.86.